The summed E-state index contributed by atoms with van der Waals surface area (Å²) in [7, 11) is 0. The smallest absolute Gasteiger partial charge is 0.256 e. The Kier molecular flexibility index (Phi) is 5.48. The van der Waals surface area contributed by atoms with Crippen molar-refractivity contribution in [3.8, 4) is 5.75 Å². The average Bonchev–Trinajstić information content (AvgIpc) is 3.41. The number of thioether (sulfide) groups is 1. The van der Waals surface area contributed by atoms with Gasteiger partial charge in [-0.05, 0) is 47.5 Å². The highest BCUT2D eigenvalue weighted by molar-refractivity contribution is 8.01. The van der Waals surface area contributed by atoms with E-state index in [1.807, 2.05) is 36.4 Å². The molecule has 172 valence electrons. The topological polar surface area (TPSA) is 113 Å². The fourth-order valence-corrected chi connectivity index (χ4v) is 6.25. The molecular formula is C23H26N6O3S. The Bertz CT molecular complexity index is 1200. The molecule has 0 saturated carbocycles. The molecule has 2 unspecified atom stereocenters. The number of fused-ring (bicyclic) bond motifs is 2. The minimum absolute atomic E-state index is 0.137. The first kappa shape index (κ1) is 21.7. The van der Waals surface area contributed by atoms with Gasteiger partial charge in [-0.25, -0.2) is 5.10 Å². The number of rotatable bonds is 7. The van der Waals surface area contributed by atoms with Crippen LogP contribution in [-0.2, 0) is 4.79 Å². The van der Waals surface area contributed by atoms with Gasteiger partial charge in [0.2, 0.25) is 5.91 Å². The molecule has 0 bridgehead atoms. The Morgan fingerprint density at radius 3 is 2.85 bits per heavy atom. The number of β-lactam (4-membered cyclic amide) rings is 1. The standard InChI is InChI=1S/C23H26N6O3S/c1-4-5-12-32-15-11-10-13-8-6-7-9-14(13)16(15)20(30)24-17-21(31)29-18(19-25-27-28-26-19)23(2,3)33-22(17)29/h6-11,17-18,22H,4-5,12H2,1-3H3,(H,24,30)(H,25,26,27,28)/t17?,18?,22-/m1/s1. The molecule has 33 heavy (non-hydrogen) atoms. The summed E-state index contributed by atoms with van der Waals surface area (Å²) in [5, 5.41) is 18.7. The number of carbonyl (C=O) groups excluding carboxylic acids is 2. The third-order valence-electron chi connectivity index (χ3n) is 6.22. The van der Waals surface area contributed by atoms with E-state index in [1.165, 1.54) is 0 Å². The summed E-state index contributed by atoms with van der Waals surface area (Å²) >= 11 is 1.64. The minimum Gasteiger partial charge on any atom is -0.493 e. The third-order valence-corrected chi connectivity index (χ3v) is 7.79. The molecule has 0 radical (unpaired) electrons. The lowest BCUT2D eigenvalue weighted by molar-refractivity contribution is -0.148. The second-order valence-electron chi connectivity index (χ2n) is 8.86. The Labute approximate surface area is 195 Å². The fourth-order valence-electron chi connectivity index (χ4n) is 4.62. The van der Waals surface area contributed by atoms with E-state index in [0.29, 0.717) is 23.7 Å². The average molecular weight is 467 g/mol. The van der Waals surface area contributed by atoms with Crippen molar-refractivity contribution < 1.29 is 14.3 Å². The lowest BCUT2D eigenvalue weighted by atomic mass is 9.95. The first-order valence-electron chi connectivity index (χ1n) is 11.1. The van der Waals surface area contributed by atoms with Gasteiger partial charge in [0.1, 0.15) is 23.2 Å². The van der Waals surface area contributed by atoms with Gasteiger partial charge < -0.3 is 15.0 Å². The van der Waals surface area contributed by atoms with Crippen LogP contribution in [0.4, 0.5) is 0 Å². The monoisotopic (exact) mass is 466 g/mol. The van der Waals surface area contributed by atoms with E-state index >= 15 is 0 Å². The fraction of sp³-hybridized carbons (Fsp3) is 0.435. The summed E-state index contributed by atoms with van der Waals surface area (Å²) < 4.78 is 5.65. The van der Waals surface area contributed by atoms with Crippen LogP contribution in [0.25, 0.3) is 10.8 Å². The molecule has 0 spiro atoms. The molecule has 2 aliphatic heterocycles. The van der Waals surface area contributed by atoms with Crippen LogP contribution < -0.4 is 10.1 Å². The van der Waals surface area contributed by atoms with Gasteiger partial charge in [-0.2, -0.15) is 0 Å². The van der Waals surface area contributed by atoms with E-state index in [9.17, 15) is 9.59 Å². The van der Waals surface area contributed by atoms with Crippen molar-refractivity contribution in [1.82, 2.24) is 30.8 Å². The zero-order valence-corrected chi connectivity index (χ0v) is 19.6. The third kappa shape index (κ3) is 3.62. The molecule has 1 aromatic heterocycles. The van der Waals surface area contributed by atoms with E-state index in [1.54, 1.807) is 16.7 Å². The normalized spacial score (nSPS) is 23.3. The van der Waals surface area contributed by atoms with E-state index < -0.39 is 6.04 Å². The van der Waals surface area contributed by atoms with Gasteiger partial charge in [0.05, 0.1) is 12.2 Å². The number of nitrogens with zero attached hydrogens (tertiary/aromatic N) is 4. The molecule has 2 aliphatic rings. The second kappa shape index (κ2) is 8.33. The summed E-state index contributed by atoms with van der Waals surface area (Å²) in [6.07, 6.45) is 1.90. The number of amides is 2. The lowest BCUT2D eigenvalue weighted by Crippen LogP contribution is -2.67. The first-order chi connectivity index (χ1) is 15.9. The number of tetrazole rings is 1. The molecule has 2 N–H and O–H groups in total. The van der Waals surface area contributed by atoms with E-state index in [2.05, 4.69) is 46.7 Å². The summed E-state index contributed by atoms with van der Waals surface area (Å²) in [6.45, 7) is 6.73. The number of aromatic amines is 1. The summed E-state index contributed by atoms with van der Waals surface area (Å²) in [5.74, 6) is 0.642. The van der Waals surface area contributed by atoms with E-state index in [0.717, 1.165) is 23.6 Å². The molecule has 3 heterocycles. The predicted octanol–water partition coefficient (Wildman–Crippen LogP) is 3.07. The van der Waals surface area contributed by atoms with Crippen LogP contribution in [0.3, 0.4) is 0 Å². The number of ether oxygens (including phenoxy) is 1. The van der Waals surface area contributed by atoms with Crippen LogP contribution in [0.2, 0.25) is 0 Å². The highest BCUT2D eigenvalue weighted by atomic mass is 32.2. The Morgan fingerprint density at radius 2 is 2.09 bits per heavy atom. The van der Waals surface area contributed by atoms with Gasteiger partial charge in [0, 0.05) is 4.75 Å². The Hall–Kier alpha value is -3.14. The van der Waals surface area contributed by atoms with Gasteiger partial charge in [-0.15, -0.1) is 16.9 Å². The molecule has 3 aromatic rings. The van der Waals surface area contributed by atoms with Crippen molar-refractivity contribution in [3.63, 3.8) is 0 Å². The molecule has 9 nitrogen and oxygen atoms in total. The van der Waals surface area contributed by atoms with Crippen LogP contribution in [0.1, 0.15) is 55.8 Å². The number of hydrogen-bond acceptors (Lipinski definition) is 7. The number of H-pyrrole nitrogens is 1. The predicted molar refractivity (Wildman–Crippen MR) is 125 cm³/mol. The zero-order valence-electron chi connectivity index (χ0n) is 18.7. The van der Waals surface area contributed by atoms with Crippen molar-refractivity contribution in [1.29, 1.82) is 0 Å². The zero-order chi connectivity index (χ0) is 23.2. The quantitative estimate of drug-likeness (QED) is 0.406. The van der Waals surface area contributed by atoms with Crippen LogP contribution in [0.5, 0.6) is 5.75 Å². The first-order valence-corrected chi connectivity index (χ1v) is 12.0. The van der Waals surface area contributed by atoms with Crippen molar-refractivity contribution >= 4 is 34.3 Å². The molecule has 2 aromatic carbocycles. The number of benzene rings is 2. The lowest BCUT2D eigenvalue weighted by Gasteiger charge is -2.44. The number of nitrogens with one attached hydrogen (secondary N) is 2. The van der Waals surface area contributed by atoms with Crippen LogP contribution in [-0.4, -0.2) is 60.1 Å². The maximum Gasteiger partial charge on any atom is 0.256 e. The van der Waals surface area contributed by atoms with Gasteiger partial charge in [0.25, 0.3) is 5.91 Å². The molecular weight excluding hydrogens is 440 g/mol. The SMILES string of the molecule is CCCCOc1ccc2ccccc2c1C(=O)NC1C(=O)N2C(c3nnn[nH]3)C(C)(C)S[C@H]12. The van der Waals surface area contributed by atoms with Crippen molar-refractivity contribution in [2.24, 2.45) is 0 Å². The summed E-state index contributed by atoms with van der Waals surface area (Å²) in [6, 6.07) is 10.6. The summed E-state index contributed by atoms with van der Waals surface area (Å²) in [4.78, 5) is 28.4. The highest BCUT2D eigenvalue weighted by Crippen LogP contribution is 2.56. The van der Waals surface area contributed by atoms with E-state index in [4.69, 9.17) is 4.74 Å². The number of carbonyl (C=O) groups is 2. The molecule has 2 amide bonds. The molecule has 3 atom stereocenters. The number of hydrogen-bond donors (Lipinski definition) is 2. The summed E-state index contributed by atoms with van der Waals surface area (Å²) in [5.41, 5.74) is 0.466. The van der Waals surface area contributed by atoms with Gasteiger partial charge in [-0.1, -0.05) is 43.7 Å². The molecule has 5 rings (SSSR count). The van der Waals surface area contributed by atoms with Crippen LogP contribution in [0.15, 0.2) is 36.4 Å². The maximum atomic E-state index is 13.5. The minimum atomic E-state index is -0.620. The number of unbranched alkanes of at least 4 members (excludes halogenated alkanes) is 1. The van der Waals surface area contributed by atoms with Gasteiger partial charge >= 0.3 is 0 Å². The van der Waals surface area contributed by atoms with Crippen molar-refractivity contribution in [2.75, 3.05) is 6.61 Å². The van der Waals surface area contributed by atoms with Gasteiger partial charge in [0.15, 0.2) is 5.82 Å². The van der Waals surface area contributed by atoms with Crippen LogP contribution in [0, 0.1) is 0 Å². The molecule has 2 saturated heterocycles. The van der Waals surface area contributed by atoms with Crippen molar-refractivity contribution in [3.05, 3.63) is 47.8 Å². The molecule has 2 fully saturated rings. The Balaban J connectivity index is 1.42. The number of aromatic nitrogens is 4. The van der Waals surface area contributed by atoms with Gasteiger partial charge in [-0.3, -0.25) is 9.59 Å². The van der Waals surface area contributed by atoms with Crippen molar-refractivity contribution in [2.45, 2.75) is 55.8 Å². The second-order valence-corrected chi connectivity index (χ2v) is 10.6. The molecule has 10 heteroatoms. The highest BCUT2D eigenvalue weighted by Gasteiger charge is 2.63. The molecule has 0 aliphatic carbocycles. The maximum absolute atomic E-state index is 13.5. The van der Waals surface area contributed by atoms with E-state index in [-0.39, 0.29) is 28.0 Å². The largest absolute Gasteiger partial charge is 0.493 e. The Morgan fingerprint density at radius 1 is 1.27 bits per heavy atom. The van der Waals surface area contributed by atoms with Crippen LogP contribution >= 0.6 is 11.8 Å².